The fourth-order valence-corrected chi connectivity index (χ4v) is 3.48. The topological polar surface area (TPSA) is 105 Å². The summed E-state index contributed by atoms with van der Waals surface area (Å²) in [6.07, 6.45) is 1.25. The second-order valence-electron chi connectivity index (χ2n) is 8.99. The molecule has 1 atom stereocenters. The monoisotopic (exact) mass is 431 g/mol. The molecular formula is C23H33N3O5. The Hall–Kier alpha value is -2.90. The standard InChI is InChI=1S/C23H33N3O5/c1-14(2)10-11-23(6)21(29)26(22(30)25-23)12-19(28)31-13-18(27)24-20-16(5)8-7-9-17(20)15(3)4/h7-9,14-15H,10-13H2,1-6H3,(H,24,27)(H,25,30)/t23-/m1/s1. The number of para-hydroxylation sites is 1. The number of benzene rings is 1. The zero-order valence-corrected chi connectivity index (χ0v) is 19.2. The normalized spacial score (nSPS) is 18.5. The van der Waals surface area contributed by atoms with E-state index < -0.39 is 42.5 Å². The van der Waals surface area contributed by atoms with Crippen LogP contribution in [0.5, 0.6) is 0 Å². The maximum Gasteiger partial charge on any atom is 0.326 e. The van der Waals surface area contributed by atoms with Crippen molar-refractivity contribution in [2.75, 3.05) is 18.5 Å². The summed E-state index contributed by atoms with van der Waals surface area (Å²) in [5.74, 6) is -1.17. The second kappa shape index (κ2) is 9.94. The van der Waals surface area contributed by atoms with Crippen molar-refractivity contribution in [1.29, 1.82) is 0 Å². The van der Waals surface area contributed by atoms with Crippen LogP contribution in [0.25, 0.3) is 0 Å². The maximum atomic E-state index is 12.7. The first kappa shape index (κ1) is 24.4. The molecule has 0 aliphatic carbocycles. The van der Waals surface area contributed by atoms with E-state index in [1.807, 2.05) is 52.8 Å². The van der Waals surface area contributed by atoms with Crippen molar-refractivity contribution >= 4 is 29.5 Å². The van der Waals surface area contributed by atoms with E-state index in [1.54, 1.807) is 6.92 Å². The Balaban J connectivity index is 1.92. The molecule has 1 aliphatic rings. The Morgan fingerprint density at radius 1 is 1.19 bits per heavy atom. The van der Waals surface area contributed by atoms with Crippen LogP contribution in [0.4, 0.5) is 10.5 Å². The minimum absolute atomic E-state index is 0.211. The number of hydrogen-bond donors (Lipinski definition) is 2. The second-order valence-corrected chi connectivity index (χ2v) is 8.99. The number of amides is 4. The summed E-state index contributed by atoms with van der Waals surface area (Å²) < 4.78 is 5.02. The van der Waals surface area contributed by atoms with Gasteiger partial charge >= 0.3 is 12.0 Å². The highest BCUT2D eigenvalue weighted by Gasteiger charge is 2.48. The van der Waals surface area contributed by atoms with Crippen molar-refractivity contribution < 1.29 is 23.9 Å². The van der Waals surface area contributed by atoms with Crippen molar-refractivity contribution in [1.82, 2.24) is 10.2 Å². The largest absolute Gasteiger partial charge is 0.454 e. The molecule has 8 heteroatoms. The van der Waals surface area contributed by atoms with Gasteiger partial charge in [0.15, 0.2) is 6.61 Å². The fraction of sp³-hybridized carbons (Fsp3) is 0.565. The molecule has 0 bridgehead atoms. The number of ether oxygens (including phenoxy) is 1. The van der Waals surface area contributed by atoms with Gasteiger partial charge in [0.05, 0.1) is 0 Å². The van der Waals surface area contributed by atoms with Gasteiger partial charge < -0.3 is 15.4 Å². The average Bonchev–Trinajstić information content (AvgIpc) is 2.89. The molecule has 170 valence electrons. The molecule has 0 unspecified atom stereocenters. The fourth-order valence-electron chi connectivity index (χ4n) is 3.48. The van der Waals surface area contributed by atoms with Crippen LogP contribution < -0.4 is 10.6 Å². The Labute approximate surface area is 183 Å². The summed E-state index contributed by atoms with van der Waals surface area (Å²) >= 11 is 0. The van der Waals surface area contributed by atoms with E-state index in [4.69, 9.17) is 4.74 Å². The Morgan fingerprint density at radius 3 is 2.48 bits per heavy atom. The van der Waals surface area contributed by atoms with Crippen LogP contribution >= 0.6 is 0 Å². The number of aryl methyl sites for hydroxylation is 1. The predicted molar refractivity (Wildman–Crippen MR) is 118 cm³/mol. The minimum atomic E-state index is -1.03. The highest BCUT2D eigenvalue weighted by molar-refractivity contribution is 6.08. The molecule has 2 rings (SSSR count). The molecule has 31 heavy (non-hydrogen) atoms. The number of nitrogens with zero attached hydrogens (tertiary/aromatic N) is 1. The SMILES string of the molecule is Cc1cccc(C(C)C)c1NC(=O)COC(=O)CN1C(=O)N[C@](C)(CCC(C)C)C1=O. The zero-order valence-electron chi connectivity index (χ0n) is 19.2. The van der Waals surface area contributed by atoms with Crippen LogP contribution in [0.15, 0.2) is 18.2 Å². The summed E-state index contributed by atoms with van der Waals surface area (Å²) in [7, 11) is 0. The Kier molecular flexibility index (Phi) is 7.81. The van der Waals surface area contributed by atoms with E-state index in [1.165, 1.54) is 0 Å². The molecule has 1 aliphatic heterocycles. The van der Waals surface area contributed by atoms with Crippen LogP contribution in [0, 0.1) is 12.8 Å². The molecule has 0 saturated carbocycles. The van der Waals surface area contributed by atoms with Gasteiger partial charge in [-0.3, -0.25) is 19.3 Å². The van der Waals surface area contributed by atoms with Gasteiger partial charge in [-0.2, -0.15) is 0 Å². The van der Waals surface area contributed by atoms with Crippen molar-refractivity contribution in [3.8, 4) is 0 Å². The summed E-state index contributed by atoms with van der Waals surface area (Å²) in [6.45, 7) is 10.6. The van der Waals surface area contributed by atoms with Crippen LogP contribution in [0.3, 0.4) is 0 Å². The van der Waals surface area contributed by atoms with Crippen LogP contribution in [-0.2, 0) is 19.1 Å². The summed E-state index contributed by atoms with van der Waals surface area (Å²) in [6, 6.07) is 5.13. The van der Waals surface area contributed by atoms with Crippen molar-refractivity contribution in [3.05, 3.63) is 29.3 Å². The number of carbonyl (C=O) groups is 4. The first-order valence-corrected chi connectivity index (χ1v) is 10.6. The van der Waals surface area contributed by atoms with Gasteiger partial charge in [0.2, 0.25) is 0 Å². The van der Waals surface area contributed by atoms with E-state index in [0.29, 0.717) is 18.0 Å². The maximum absolute atomic E-state index is 12.7. The Morgan fingerprint density at radius 2 is 1.87 bits per heavy atom. The molecule has 0 spiro atoms. The molecule has 8 nitrogen and oxygen atoms in total. The molecule has 1 aromatic rings. The van der Waals surface area contributed by atoms with Gasteiger partial charge in [-0.05, 0) is 49.7 Å². The molecule has 1 saturated heterocycles. The highest BCUT2D eigenvalue weighted by Crippen LogP contribution is 2.27. The lowest BCUT2D eigenvalue weighted by Crippen LogP contribution is -2.44. The van der Waals surface area contributed by atoms with E-state index in [9.17, 15) is 19.2 Å². The van der Waals surface area contributed by atoms with Crippen LogP contribution in [0.2, 0.25) is 0 Å². The van der Waals surface area contributed by atoms with Crippen molar-refractivity contribution in [2.45, 2.75) is 65.8 Å². The summed E-state index contributed by atoms with van der Waals surface area (Å²) in [5, 5.41) is 5.45. The molecule has 2 N–H and O–H groups in total. The number of rotatable bonds is 9. The number of nitrogens with one attached hydrogen (secondary N) is 2. The molecule has 4 amide bonds. The quantitative estimate of drug-likeness (QED) is 0.461. The van der Waals surface area contributed by atoms with Gasteiger partial charge in [-0.15, -0.1) is 0 Å². The van der Waals surface area contributed by atoms with Gasteiger partial charge in [-0.1, -0.05) is 45.9 Å². The van der Waals surface area contributed by atoms with E-state index in [2.05, 4.69) is 10.6 Å². The summed E-state index contributed by atoms with van der Waals surface area (Å²) in [4.78, 5) is 50.2. The summed E-state index contributed by atoms with van der Waals surface area (Å²) in [5.41, 5.74) is 1.57. The first-order chi connectivity index (χ1) is 14.4. The molecule has 1 heterocycles. The smallest absolute Gasteiger partial charge is 0.326 e. The van der Waals surface area contributed by atoms with Crippen LogP contribution in [0.1, 0.15) is 64.5 Å². The van der Waals surface area contributed by atoms with Gasteiger partial charge in [0, 0.05) is 5.69 Å². The first-order valence-electron chi connectivity index (χ1n) is 10.6. The number of esters is 1. The average molecular weight is 432 g/mol. The molecule has 1 aromatic carbocycles. The number of hydrogen-bond acceptors (Lipinski definition) is 5. The zero-order chi connectivity index (χ0) is 23.3. The molecule has 0 radical (unpaired) electrons. The van der Waals surface area contributed by atoms with Crippen LogP contribution in [-0.4, -0.2) is 47.4 Å². The van der Waals surface area contributed by atoms with E-state index in [-0.39, 0.29) is 5.92 Å². The third-order valence-corrected chi connectivity index (χ3v) is 5.41. The molecular weight excluding hydrogens is 398 g/mol. The van der Waals surface area contributed by atoms with E-state index in [0.717, 1.165) is 22.4 Å². The number of urea groups is 1. The lowest BCUT2D eigenvalue weighted by Gasteiger charge is -2.22. The van der Waals surface area contributed by atoms with Gasteiger partial charge in [-0.25, -0.2) is 4.79 Å². The van der Waals surface area contributed by atoms with Gasteiger partial charge in [0.25, 0.3) is 11.8 Å². The third kappa shape index (κ3) is 6.06. The number of imide groups is 1. The highest BCUT2D eigenvalue weighted by atomic mass is 16.5. The lowest BCUT2D eigenvalue weighted by molar-refractivity contribution is -0.150. The minimum Gasteiger partial charge on any atom is -0.454 e. The van der Waals surface area contributed by atoms with E-state index >= 15 is 0 Å². The molecule has 1 fully saturated rings. The lowest BCUT2D eigenvalue weighted by atomic mass is 9.92. The Bertz CT molecular complexity index is 865. The molecule has 0 aromatic heterocycles. The van der Waals surface area contributed by atoms with Crippen molar-refractivity contribution in [2.24, 2.45) is 5.92 Å². The van der Waals surface area contributed by atoms with Crippen molar-refractivity contribution in [3.63, 3.8) is 0 Å². The number of anilines is 1. The van der Waals surface area contributed by atoms with Gasteiger partial charge in [0.1, 0.15) is 12.1 Å². The predicted octanol–water partition coefficient (Wildman–Crippen LogP) is 3.35. The number of carbonyl (C=O) groups excluding carboxylic acids is 4. The third-order valence-electron chi connectivity index (χ3n) is 5.41.